The second-order valence-corrected chi connectivity index (χ2v) is 5.12. The van der Waals surface area contributed by atoms with Crippen molar-refractivity contribution < 1.29 is 24.0 Å². The van der Waals surface area contributed by atoms with Gasteiger partial charge in [-0.05, 0) is 19.9 Å². The van der Waals surface area contributed by atoms with Gasteiger partial charge in [0.15, 0.2) is 0 Å². The number of nitrogens with zero attached hydrogens (tertiary/aromatic N) is 1. The predicted octanol–water partition coefficient (Wildman–Crippen LogP) is 2.01. The van der Waals surface area contributed by atoms with Gasteiger partial charge in [0.25, 0.3) is 5.69 Å². The van der Waals surface area contributed by atoms with Crippen molar-refractivity contribution in [3.63, 3.8) is 0 Å². The molecule has 1 aromatic carbocycles. The molecule has 0 aromatic heterocycles. The van der Waals surface area contributed by atoms with Gasteiger partial charge in [-0.15, -0.1) is 0 Å². The fourth-order valence-corrected chi connectivity index (χ4v) is 2.03. The molecule has 0 fully saturated rings. The Balaban J connectivity index is 3.60. The highest BCUT2D eigenvalue weighted by Crippen LogP contribution is 2.39. The molecule has 0 unspecified atom stereocenters. The van der Waals surface area contributed by atoms with Crippen molar-refractivity contribution in [1.29, 1.82) is 0 Å². The molecule has 0 aliphatic rings. The minimum atomic E-state index is -1.11. The normalized spacial score (nSPS) is 10.8. The van der Waals surface area contributed by atoms with Crippen molar-refractivity contribution in [1.82, 2.24) is 0 Å². The number of carbonyl (C=O) groups is 2. The summed E-state index contributed by atoms with van der Waals surface area (Å²) in [4.78, 5) is 33.7. The van der Waals surface area contributed by atoms with Gasteiger partial charge in [-0.25, -0.2) is 0 Å². The number of esters is 1. The van der Waals surface area contributed by atoms with E-state index in [1.807, 2.05) is 0 Å². The molecule has 0 radical (unpaired) electrons. The topological polar surface area (TPSA) is 108 Å². The molecule has 1 amide bonds. The summed E-state index contributed by atoms with van der Waals surface area (Å²) in [6, 6.07) is 2.53. The Morgan fingerprint density at radius 2 is 1.86 bits per heavy atom. The lowest BCUT2D eigenvalue weighted by atomic mass is 9.83. The van der Waals surface area contributed by atoms with Crippen LogP contribution in [0.5, 0.6) is 5.75 Å². The smallest absolute Gasteiger partial charge is 0.315 e. The third-order valence-corrected chi connectivity index (χ3v) is 3.19. The Bertz CT molecular complexity index is 624. The summed E-state index contributed by atoms with van der Waals surface area (Å²) < 4.78 is 9.90. The summed E-state index contributed by atoms with van der Waals surface area (Å²) in [5, 5.41) is 13.5. The lowest BCUT2D eigenvalue weighted by Gasteiger charge is -2.24. The molecule has 120 valence electrons. The average molecular weight is 310 g/mol. The second kappa shape index (κ2) is 6.42. The van der Waals surface area contributed by atoms with Gasteiger partial charge in [-0.1, -0.05) is 0 Å². The SMILES string of the molecule is COC(=O)C(C)(C)c1cc(NC(C)=O)c([N+](=O)[O-])cc1OC. The van der Waals surface area contributed by atoms with Crippen LogP contribution in [0.4, 0.5) is 11.4 Å². The molecule has 0 spiro atoms. The third-order valence-electron chi connectivity index (χ3n) is 3.19. The minimum absolute atomic E-state index is 0.00900. The maximum absolute atomic E-state index is 12.0. The molecule has 8 nitrogen and oxygen atoms in total. The van der Waals surface area contributed by atoms with Crippen molar-refractivity contribution in [3.05, 3.63) is 27.8 Å². The molecule has 0 heterocycles. The van der Waals surface area contributed by atoms with Crippen molar-refractivity contribution in [2.24, 2.45) is 0 Å². The van der Waals surface area contributed by atoms with Crippen LogP contribution in [0.2, 0.25) is 0 Å². The van der Waals surface area contributed by atoms with Crippen molar-refractivity contribution in [3.8, 4) is 5.75 Å². The first-order chi connectivity index (χ1) is 10.1. The fourth-order valence-electron chi connectivity index (χ4n) is 2.03. The molecule has 0 aliphatic carbocycles. The number of hydrogen-bond acceptors (Lipinski definition) is 6. The fraction of sp³-hybridized carbons (Fsp3) is 0.429. The molecule has 1 N–H and O–H groups in total. The molecule has 0 saturated carbocycles. The lowest BCUT2D eigenvalue weighted by Crippen LogP contribution is -2.31. The third kappa shape index (κ3) is 3.33. The van der Waals surface area contributed by atoms with Crippen LogP contribution in [-0.4, -0.2) is 31.0 Å². The van der Waals surface area contributed by atoms with Gasteiger partial charge in [0, 0.05) is 12.5 Å². The molecule has 22 heavy (non-hydrogen) atoms. The number of amides is 1. The van der Waals surface area contributed by atoms with Gasteiger partial charge in [0.1, 0.15) is 11.4 Å². The Morgan fingerprint density at radius 3 is 2.27 bits per heavy atom. The number of rotatable bonds is 5. The summed E-state index contributed by atoms with van der Waals surface area (Å²) in [6.07, 6.45) is 0. The number of carbonyl (C=O) groups excluding carboxylic acids is 2. The van der Waals surface area contributed by atoms with Crippen molar-refractivity contribution in [2.75, 3.05) is 19.5 Å². The number of ether oxygens (including phenoxy) is 2. The Morgan fingerprint density at radius 1 is 1.27 bits per heavy atom. The van der Waals surface area contributed by atoms with Gasteiger partial charge in [-0.3, -0.25) is 19.7 Å². The maximum Gasteiger partial charge on any atom is 0.315 e. The average Bonchev–Trinajstić information content (AvgIpc) is 2.44. The van der Waals surface area contributed by atoms with Gasteiger partial charge in [-0.2, -0.15) is 0 Å². The number of nitrogens with one attached hydrogen (secondary N) is 1. The molecule has 0 atom stereocenters. The highest BCUT2D eigenvalue weighted by molar-refractivity contribution is 5.93. The molecule has 8 heteroatoms. The molecular weight excluding hydrogens is 292 g/mol. The van der Waals surface area contributed by atoms with E-state index in [1.54, 1.807) is 13.8 Å². The van der Waals surface area contributed by atoms with E-state index in [0.29, 0.717) is 5.56 Å². The number of nitro groups is 1. The van der Waals surface area contributed by atoms with E-state index in [-0.39, 0.29) is 17.1 Å². The summed E-state index contributed by atoms with van der Waals surface area (Å²) in [7, 11) is 2.59. The van der Waals surface area contributed by atoms with E-state index < -0.39 is 22.2 Å². The van der Waals surface area contributed by atoms with Crippen LogP contribution in [0, 0.1) is 10.1 Å². The number of methoxy groups -OCH3 is 2. The van der Waals surface area contributed by atoms with Crippen LogP contribution in [0.3, 0.4) is 0 Å². The monoisotopic (exact) mass is 310 g/mol. The highest BCUT2D eigenvalue weighted by atomic mass is 16.6. The van der Waals surface area contributed by atoms with Crippen molar-refractivity contribution in [2.45, 2.75) is 26.2 Å². The van der Waals surface area contributed by atoms with E-state index in [4.69, 9.17) is 9.47 Å². The van der Waals surface area contributed by atoms with E-state index in [1.165, 1.54) is 33.3 Å². The maximum atomic E-state index is 12.0. The number of benzene rings is 1. The van der Waals surface area contributed by atoms with Crippen LogP contribution >= 0.6 is 0 Å². The predicted molar refractivity (Wildman–Crippen MR) is 79.0 cm³/mol. The zero-order valence-electron chi connectivity index (χ0n) is 13.1. The quantitative estimate of drug-likeness (QED) is 0.506. The molecule has 0 aliphatic heterocycles. The molecule has 1 aromatic rings. The highest BCUT2D eigenvalue weighted by Gasteiger charge is 2.36. The van der Waals surface area contributed by atoms with Gasteiger partial charge in [0.05, 0.1) is 30.6 Å². The van der Waals surface area contributed by atoms with E-state index in [0.717, 1.165) is 0 Å². The second-order valence-electron chi connectivity index (χ2n) is 5.12. The number of anilines is 1. The van der Waals surface area contributed by atoms with E-state index in [9.17, 15) is 19.7 Å². The van der Waals surface area contributed by atoms with Crippen LogP contribution in [0.15, 0.2) is 12.1 Å². The first-order valence-corrected chi connectivity index (χ1v) is 6.38. The van der Waals surface area contributed by atoms with Gasteiger partial charge < -0.3 is 14.8 Å². The van der Waals surface area contributed by atoms with Crippen LogP contribution in [0.25, 0.3) is 0 Å². The molecular formula is C14H18N2O6. The lowest BCUT2D eigenvalue weighted by molar-refractivity contribution is -0.384. The Labute approximate surface area is 127 Å². The Kier molecular flexibility index (Phi) is 5.08. The standard InChI is InChI=1S/C14H18N2O6/c1-8(17)15-10-6-9(14(2,3)13(18)22-5)12(21-4)7-11(10)16(19)20/h6-7H,1-5H3,(H,15,17). The van der Waals surface area contributed by atoms with Crippen molar-refractivity contribution >= 4 is 23.3 Å². The van der Waals surface area contributed by atoms with E-state index >= 15 is 0 Å². The molecule has 0 saturated heterocycles. The largest absolute Gasteiger partial charge is 0.496 e. The van der Waals surface area contributed by atoms with Crippen LogP contribution < -0.4 is 10.1 Å². The van der Waals surface area contributed by atoms with Crippen LogP contribution in [-0.2, 0) is 19.7 Å². The molecule has 0 bridgehead atoms. The summed E-state index contributed by atoms with van der Waals surface area (Å²) >= 11 is 0. The number of nitro benzene ring substituents is 1. The van der Waals surface area contributed by atoms with Gasteiger partial charge in [0.2, 0.25) is 5.91 Å². The summed E-state index contributed by atoms with van der Waals surface area (Å²) in [6.45, 7) is 4.43. The zero-order valence-corrected chi connectivity index (χ0v) is 13.1. The first kappa shape index (κ1) is 17.4. The minimum Gasteiger partial charge on any atom is -0.496 e. The number of hydrogen-bond donors (Lipinski definition) is 1. The zero-order chi connectivity index (χ0) is 17.1. The van der Waals surface area contributed by atoms with Gasteiger partial charge >= 0.3 is 5.97 Å². The summed E-state index contributed by atoms with van der Waals surface area (Å²) in [5.74, 6) is -0.834. The molecule has 1 rings (SSSR count). The summed E-state index contributed by atoms with van der Waals surface area (Å²) in [5.41, 5.74) is -1.07. The first-order valence-electron chi connectivity index (χ1n) is 6.38. The Hall–Kier alpha value is -2.64. The van der Waals surface area contributed by atoms with E-state index in [2.05, 4.69) is 5.32 Å². The van der Waals surface area contributed by atoms with Crippen LogP contribution in [0.1, 0.15) is 26.3 Å².